The van der Waals surface area contributed by atoms with Crippen LogP contribution in [0.3, 0.4) is 0 Å². The molecule has 1 aromatic rings. The van der Waals surface area contributed by atoms with E-state index < -0.39 is 15.4 Å². The first-order valence-corrected chi connectivity index (χ1v) is 7.60. The maximum absolute atomic E-state index is 12.0. The van der Waals surface area contributed by atoms with Gasteiger partial charge in [0.25, 0.3) is 0 Å². The molecule has 1 aliphatic heterocycles. The van der Waals surface area contributed by atoms with Gasteiger partial charge in [-0.1, -0.05) is 13.0 Å². The third-order valence-electron chi connectivity index (χ3n) is 3.28. The molecule has 1 aromatic carbocycles. The van der Waals surface area contributed by atoms with Crippen molar-refractivity contribution in [2.45, 2.75) is 30.7 Å². The highest BCUT2D eigenvalue weighted by molar-refractivity contribution is 7.90. The molecule has 6 heteroatoms. The molecule has 0 bridgehead atoms. The fourth-order valence-electron chi connectivity index (χ4n) is 1.93. The zero-order chi connectivity index (χ0) is 13.6. The molecule has 0 saturated heterocycles. The van der Waals surface area contributed by atoms with Gasteiger partial charge in [-0.3, -0.25) is 4.79 Å². The lowest BCUT2D eigenvalue weighted by atomic mass is 9.94. The fraction of sp³-hybridized carbons (Fsp3) is 0.417. The monoisotopic (exact) mass is 268 g/mol. The molecule has 1 aliphatic rings. The van der Waals surface area contributed by atoms with E-state index in [2.05, 4.69) is 10.6 Å². The van der Waals surface area contributed by atoms with Crippen LogP contribution in [0.1, 0.15) is 20.3 Å². The summed E-state index contributed by atoms with van der Waals surface area (Å²) in [6.07, 6.45) is 1.74. The van der Waals surface area contributed by atoms with Crippen LogP contribution in [0.15, 0.2) is 23.1 Å². The van der Waals surface area contributed by atoms with E-state index >= 15 is 0 Å². The number of sulfone groups is 1. The van der Waals surface area contributed by atoms with Crippen LogP contribution in [-0.4, -0.2) is 26.1 Å². The first-order chi connectivity index (χ1) is 8.28. The van der Waals surface area contributed by atoms with Gasteiger partial charge in [-0.2, -0.15) is 0 Å². The Morgan fingerprint density at radius 1 is 1.33 bits per heavy atom. The molecule has 0 saturated carbocycles. The second kappa shape index (κ2) is 3.98. The summed E-state index contributed by atoms with van der Waals surface area (Å²) in [5.74, 6) is -0.214. The molecule has 0 fully saturated rings. The van der Waals surface area contributed by atoms with Crippen molar-refractivity contribution >= 4 is 27.1 Å². The first kappa shape index (κ1) is 12.9. The van der Waals surface area contributed by atoms with Crippen LogP contribution in [0.4, 0.5) is 11.4 Å². The van der Waals surface area contributed by atoms with Crippen LogP contribution in [0.2, 0.25) is 0 Å². The summed E-state index contributed by atoms with van der Waals surface area (Å²) in [5.41, 5.74) is 0.279. The standard InChI is InChI=1S/C12H16N2O3S/c1-4-12(2)11(15)13-10-8(14-12)6-5-7-9(10)18(3,16)17/h5-7,14H,4H2,1-3H3,(H,13,15). The first-order valence-electron chi connectivity index (χ1n) is 5.70. The molecule has 5 nitrogen and oxygen atoms in total. The van der Waals surface area contributed by atoms with Crippen molar-refractivity contribution in [2.75, 3.05) is 16.9 Å². The number of benzene rings is 1. The molecule has 0 radical (unpaired) electrons. The molecule has 1 atom stereocenters. The average Bonchev–Trinajstić information content (AvgIpc) is 2.28. The maximum atomic E-state index is 12.0. The van der Waals surface area contributed by atoms with E-state index in [0.717, 1.165) is 6.26 Å². The summed E-state index contributed by atoms with van der Waals surface area (Å²) >= 11 is 0. The van der Waals surface area contributed by atoms with Crippen molar-refractivity contribution in [3.8, 4) is 0 Å². The molecule has 1 amide bonds. The average molecular weight is 268 g/mol. The minimum Gasteiger partial charge on any atom is -0.370 e. The fourth-order valence-corrected chi connectivity index (χ4v) is 2.79. The Kier molecular flexibility index (Phi) is 2.85. The summed E-state index contributed by atoms with van der Waals surface area (Å²) < 4.78 is 23.3. The zero-order valence-electron chi connectivity index (χ0n) is 10.6. The van der Waals surface area contributed by atoms with Gasteiger partial charge in [-0.15, -0.1) is 0 Å². The number of carbonyl (C=O) groups excluding carboxylic acids is 1. The molecule has 2 N–H and O–H groups in total. The van der Waals surface area contributed by atoms with Gasteiger partial charge < -0.3 is 10.6 Å². The van der Waals surface area contributed by atoms with Crippen LogP contribution in [0.5, 0.6) is 0 Å². The SMILES string of the molecule is CCC1(C)Nc2cccc(S(C)(=O)=O)c2NC1=O. The Balaban J connectivity index is 2.60. The number of para-hydroxylation sites is 1. The number of fused-ring (bicyclic) bond motifs is 1. The smallest absolute Gasteiger partial charge is 0.249 e. The normalized spacial score (nSPS) is 22.9. The van der Waals surface area contributed by atoms with E-state index in [1.54, 1.807) is 19.1 Å². The van der Waals surface area contributed by atoms with Gasteiger partial charge in [0.2, 0.25) is 5.91 Å². The molecule has 0 spiro atoms. The van der Waals surface area contributed by atoms with E-state index in [1.807, 2.05) is 6.92 Å². The highest BCUT2D eigenvalue weighted by atomic mass is 32.2. The van der Waals surface area contributed by atoms with E-state index in [-0.39, 0.29) is 10.8 Å². The number of rotatable bonds is 2. The Morgan fingerprint density at radius 3 is 2.56 bits per heavy atom. The number of hydrogen-bond donors (Lipinski definition) is 2. The third kappa shape index (κ3) is 1.96. The molecule has 0 aliphatic carbocycles. The molecule has 18 heavy (non-hydrogen) atoms. The van der Waals surface area contributed by atoms with E-state index in [4.69, 9.17) is 0 Å². The number of anilines is 2. The van der Waals surface area contributed by atoms with Crippen LogP contribution >= 0.6 is 0 Å². The maximum Gasteiger partial charge on any atom is 0.249 e. The van der Waals surface area contributed by atoms with Crippen molar-refractivity contribution in [2.24, 2.45) is 0 Å². The summed E-state index contributed by atoms with van der Waals surface area (Å²) in [5, 5.41) is 5.80. The van der Waals surface area contributed by atoms with Gasteiger partial charge in [-0.25, -0.2) is 8.42 Å². The van der Waals surface area contributed by atoms with Gasteiger partial charge in [0.05, 0.1) is 16.3 Å². The van der Waals surface area contributed by atoms with E-state index in [1.165, 1.54) is 6.07 Å². The topological polar surface area (TPSA) is 75.3 Å². The second-order valence-corrected chi connectivity index (χ2v) is 6.70. The lowest BCUT2D eigenvalue weighted by Crippen LogP contribution is -2.49. The zero-order valence-corrected chi connectivity index (χ0v) is 11.4. The molecule has 0 aromatic heterocycles. The molecular formula is C12H16N2O3S. The number of hydrogen-bond acceptors (Lipinski definition) is 4. The van der Waals surface area contributed by atoms with Gasteiger partial charge in [0.1, 0.15) is 5.54 Å². The number of nitrogens with one attached hydrogen (secondary N) is 2. The Labute approximate surface area is 107 Å². The van der Waals surface area contributed by atoms with Crippen molar-refractivity contribution < 1.29 is 13.2 Å². The van der Waals surface area contributed by atoms with Crippen molar-refractivity contribution in [3.63, 3.8) is 0 Å². The largest absolute Gasteiger partial charge is 0.370 e. The molecule has 1 unspecified atom stereocenters. The van der Waals surface area contributed by atoms with Gasteiger partial charge in [0, 0.05) is 6.26 Å². The van der Waals surface area contributed by atoms with Gasteiger partial charge >= 0.3 is 0 Å². The quantitative estimate of drug-likeness (QED) is 0.854. The molecule has 98 valence electrons. The number of carbonyl (C=O) groups is 1. The Morgan fingerprint density at radius 2 is 2.00 bits per heavy atom. The van der Waals surface area contributed by atoms with Crippen LogP contribution < -0.4 is 10.6 Å². The summed E-state index contributed by atoms with van der Waals surface area (Å²) in [7, 11) is -3.37. The third-order valence-corrected chi connectivity index (χ3v) is 4.42. The second-order valence-electron chi connectivity index (χ2n) is 4.72. The van der Waals surface area contributed by atoms with E-state index in [0.29, 0.717) is 17.8 Å². The van der Waals surface area contributed by atoms with Crippen molar-refractivity contribution in [3.05, 3.63) is 18.2 Å². The van der Waals surface area contributed by atoms with Crippen LogP contribution in [-0.2, 0) is 14.6 Å². The van der Waals surface area contributed by atoms with Crippen molar-refractivity contribution in [1.29, 1.82) is 0 Å². The lowest BCUT2D eigenvalue weighted by Gasteiger charge is -2.35. The lowest BCUT2D eigenvalue weighted by molar-refractivity contribution is -0.120. The molecule has 2 rings (SSSR count). The van der Waals surface area contributed by atoms with Gasteiger partial charge in [0.15, 0.2) is 9.84 Å². The minimum atomic E-state index is -3.37. The predicted octanol–water partition coefficient (Wildman–Crippen LogP) is 1.62. The molecular weight excluding hydrogens is 252 g/mol. The van der Waals surface area contributed by atoms with Gasteiger partial charge in [-0.05, 0) is 25.5 Å². The number of amides is 1. The minimum absolute atomic E-state index is 0.138. The molecule has 1 heterocycles. The highest BCUT2D eigenvalue weighted by Gasteiger charge is 2.37. The van der Waals surface area contributed by atoms with Crippen molar-refractivity contribution in [1.82, 2.24) is 0 Å². The Hall–Kier alpha value is -1.56. The van der Waals surface area contributed by atoms with E-state index in [9.17, 15) is 13.2 Å². The van der Waals surface area contributed by atoms with Crippen LogP contribution in [0.25, 0.3) is 0 Å². The predicted molar refractivity (Wildman–Crippen MR) is 70.5 cm³/mol. The highest BCUT2D eigenvalue weighted by Crippen LogP contribution is 2.36. The summed E-state index contributed by atoms with van der Waals surface area (Å²) in [6, 6.07) is 4.91. The summed E-state index contributed by atoms with van der Waals surface area (Å²) in [4.78, 5) is 12.2. The van der Waals surface area contributed by atoms with Crippen LogP contribution in [0, 0.1) is 0 Å². The summed E-state index contributed by atoms with van der Waals surface area (Å²) in [6.45, 7) is 3.69. The Bertz CT molecular complexity index is 610.